The van der Waals surface area contributed by atoms with Gasteiger partial charge in [-0.2, -0.15) is 39.5 Å². The standard InChI is InChI=1S/C11H5F11N2O/c12-5-2-1-4(3-6(5)13)23-7(25)24-8(9(14,15)16,10(17,18)19)11(20,21)22/h1-3H,(H2,23,24,25). The summed E-state index contributed by atoms with van der Waals surface area (Å²) < 4.78 is 139. The Kier molecular flexibility index (Phi) is 5.17. The predicted octanol–water partition coefficient (Wildman–Crippen LogP) is 4.51. The molecule has 3 nitrogen and oxygen atoms in total. The minimum Gasteiger partial charge on any atom is -0.308 e. The zero-order valence-electron chi connectivity index (χ0n) is 11.3. The van der Waals surface area contributed by atoms with E-state index in [4.69, 9.17) is 0 Å². The van der Waals surface area contributed by atoms with E-state index < -0.39 is 47.4 Å². The number of urea groups is 1. The third-order valence-electron chi connectivity index (χ3n) is 2.75. The molecule has 0 saturated carbocycles. The molecular weight excluding hydrogens is 385 g/mol. The summed E-state index contributed by atoms with van der Waals surface area (Å²) in [6, 6.07) is -1.65. The van der Waals surface area contributed by atoms with Crippen LogP contribution in [0.4, 0.5) is 58.8 Å². The first kappa shape index (κ1) is 20.8. The molecule has 14 heteroatoms. The number of hydrogen-bond donors (Lipinski definition) is 2. The van der Waals surface area contributed by atoms with Crippen LogP contribution in [0.1, 0.15) is 0 Å². The monoisotopic (exact) mass is 390 g/mol. The number of nitrogens with one attached hydrogen (secondary N) is 2. The van der Waals surface area contributed by atoms with Gasteiger partial charge in [-0.05, 0) is 12.1 Å². The molecule has 0 fully saturated rings. The van der Waals surface area contributed by atoms with Crippen LogP contribution in [0.2, 0.25) is 0 Å². The van der Waals surface area contributed by atoms with Crippen LogP contribution in [0.3, 0.4) is 0 Å². The van der Waals surface area contributed by atoms with Crippen molar-refractivity contribution in [3.8, 4) is 0 Å². The zero-order chi connectivity index (χ0) is 19.8. The molecule has 0 radical (unpaired) electrons. The minimum absolute atomic E-state index is 0.130. The Hall–Kier alpha value is -2.28. The number of carbonyl (C=O) groups excluding carboxylic acids is 1. The Bertz CT molecular complexity index is 611. The van der Waals surface area contributed by atoms with Crippen molar-refractivity contribution in [3.63, 3.8) is 0 Å². The average molecular weight is 390 g/mol. The van der Waals surface area contributed by atoms with E-state index in [1.54, 1.807) is 0 Å². The summed E-state index contributed by atoms with van der Waals surface area (Å²) in [5, 5.41) is 0.916. The molecule has 142 valence electrons. The van der Waals surface area contributed by atoms with Crippen molar-refractivity contribution in [1.82, 2.24) is 5.32 Å². The van der Waals surface area contributed by atoms with Gasteiger partial charge in [0.25, 0.3) is 0 Å². The summed E-state index contributed by atoms with van der Waals surface area (Å²) >= 11 is 0. The summed E-state index contributed by atoms with van der Waals surface area (Å²) in [6.07, 6.45) is -21.0. The van der Waals surface area contributed by atoms with Crippen molar-refractivity contribution in [2.75, 3.05) is 5.32 Å². The number of benzene rings is 1. The molecule has 0 aliphatic rings. The van der Waals surface area contributed by atoms with Gasteiger partial charge in [-0.1, -0.05) is 0 Å². The van der Waals surface area contributed by atoms with E-state index in [2.05, 4.69) is 0 Å². The van der Waals surface area contributed by atoms with Crippen LogP contribution in [0.25, 0.3) is 0 Å². The Morgan fingerprint density at radius 3 is 1.56 bits per heavy atom. The number of hydrogen-bond acceptors (Lipinski definition) is 1. The SMILES string of the molecule is O=C(Nc1ccc(F)c(F)c1)NC(C(F)(F)F)(C(F)(F)F)C(F)(F)F. The van der Waals surface area contributed by atoms with Crippen molar-refractivity contribution >= 4 is 11.7 Å². The van der Waals surface area contributed by atoms with Gasteiger partial charge in [0.1, 0.15) is 0 Å². The molecule has 0 heterocycles. The molecule has 0 aliphatic carbocycles. The van der Waals surface area contributed by atoms with Crippen molar-refractivity contribution < 1.29 is 53.1 Å². The molecule has 1 rings (SSSR count). The molecule has 1 aromatic rings. The third-order valence-corrected chi connectivity index (χ3v) is 2.75. The van der Waals surface area contributed by atoms with Gasteiger partial charge >= 0.3 is 30.1 Å². The molecule has 0 unspecified atom stereocenters. The summed E-state index contributed by atoms with van der Waals surface area (Å²) in [4.78, 5) is 11.2. The minimum atomic E-state index is -7.01. The molecular formula is C11H5F11N2O. The van der Waals surface area contributed by atoms with Crippen LogP contribution < -0.4 is 10.6 Å². The first-order valence-corrected chi connectivity index (χ1v) is 5.77. The lowest BCUT2D eigenvalue weighted by Gasteiger charge is -2.38. The molecule has 0 saturated heterocycles. The average Bonchev–Trinajstić information content (AvgIpc) is 2.36. The number of amides is 2. The van der Waals surface area contributed by atoms with Gasteiger partial charge in [-0.15, -0.1) is 0 Å². The van der Waals surface area contributed by atoms with Gasteiger partial charge < -0.3 is 10.6 Å². The van der Waals surface area contributed by atoms with Crippen LogP contribution in [0, 0.1) is 11.6 Å². The third kappa shape index (κ3) is 3.87. The molecule has 0 bridgehead atoms. The fourth-order valence-electron chi connectivity index (χ4n) is 1.60. The van der Waals surface area contributed by atoms with E-state index in [1.165, 1.54) is 0 Å². The molecule has 0 aliphatic heterocycles. The van der Waals surface area contributed by atoms with E-state index in [0.717, 1.165) is 5.32 Å². The lowest BCUT2D eigenvalue weighted by atomic mass is 9.97. The van der Waals surface area contributed by atoms with E-state index in [0.29, 0.717) is 12.1 Å². The van der Waals surface area contributed by atoms with Crippen molar-refractivity contribution in [3.05, 3.63) is 29.8 Å². The maximum atomic E-state index is 12.8. The van der Waals surface area contributed by atoms with Gasteiger partial charge in [0.15, 0.2) is 11.6 Å². The number of alkyl halides is 9. The van der Waals surface area contributed by atoms with E-state index in [9.17, 15) is 53.1 Å². The highest BCUT2D eigenvalue weighted by atomic mass is 19.4. The Labute approximate surface area is 130 Å². The Balaban J connectivity index is 3.26. The number of rotatable bonds is 2. The van der Waals surface area contributed by atoms with Crippen molar-refractivity contribution in [1.29, 1.82) is 0 Å². The van der Waals surface area contributed by atoms with Crippen LogP contribution >= 0.6 is 0 Å². The zero-order valence-corrected chi connectivity index (χ0v) is 11.3. The second kappa shape index (κ2) is 6.22. The van der Waals surface area contributed by atoms with Gasteiger partial charge in [-0.25, -0.2) is 13.6 Å². The molecule has 25 heavy (non-hydrogen) atoms. The molecule has 0 spiro atoms. The highest BCUT2D eigenvalue weighted by molar-refractivity contribution is 5.90. The summed E-state index contributed by atoms with van der Waals surface area (Å²) in [5.74, 6) is -3.15. The van der Waals surface area contributed by atoms with E-state index in [-0.39, 0.29) is 11.4 Å². The summed E-state index contributed by atoms with van der Waals surface area (Å²) in [6.45, 7) is 0. The molecule has 0 aromatic heterocycles. The Morgan fingerprint density at radius 1 is 0.760 bits per heavy atom. The lowest BCUT2D eigenvalue weighted by molar-refractivity contribution is -0.386. The first-order valence-electron chi connectivity index (χ1n) is 5.77. The normalized spacial score (nSPS) is 13.6. The van der Waals surface area contributed by atoms with Crippen LogP contribution in [-0.4, -0.2) is 30.1 Å². The van der Waals surface area contributed by atoms with Crippen LogP contribution in [0.5, 0.6) is 0 Å². The predicted molar refractivity (Wildman–Crippen MR) is 59.4 cm³/mol. The maximum absolute atomic E-state index is 12.8. The van der Waals surface area contributed by atoms with Crippen LogP contribution in [0.15, 0.2) is 18.2 Å². The number of anilines is 1. The van der Waals surface area contributed by atoms with E-state index in [1.807, 2.05) is 0 Å². The maximum Gasteiger partial charge on any atom is 0.429 e. The second-order valence-corrected chi connectivity index (χ2v) is 4.45. The lowest BCUT2D eigenvalue weighted by Crippen LogP contribution is -2.75. The van der Waals surface area contributed by atoms with E-state index >= 15 is 0 Å². The molecule has 0 atom stereocenters. The van der Waals surface area contributed by atoms with Gasteiger partial charge in [0.05, 0.1) is 0 Å². The van der Waals surface area contributed by atoms with Gasteiger partial charge in [-0.3, -0.25) is 0 Å². The van der Waals surface area contributed by atoms with Gasteiger partial charge in [0.2, 0.25) is 0 Å². The first-order chi connectivity index (χ1) is 11.0. The van der Waals surface area contributed by atoms with Gasteiger partial charge in [0, 0.05) is 11.8 Å². The topological polar surface area (TPSA) is 41.1 Å². The fourth-order valence-corrected chi connectivity index (χ4v) is 1.60. The molecule has 1 aromatic carbocycles. The second-order valence-electron chi connectivity index (χ2n) is 4.45. The largest absolute Gasteiger partial charge is 0.429 e. The molecule has 2 amide bonds. The summed E-state index contributed by atoms with van der Waals surface area (Å²) in [7, 11) is 0. The summed E-state index contributed by atoms with van der Waals surface area (Å²) in [5.41, 5.74) is -7.47. The quantitative estimate of drug-likeness (QED) is 0.717. The highest BCUT2D eigenvalue weighted by Crippen LogP contribution is 2.52. The van der Waals surface area contributed by atoms with Crippen molar-refractivity contribution in [2.45, 2.75) is 24.1 Å². The smallest absolute Gasteiger partial charge is 0.308 e. The number of halogens is 11. The van der Waals surface area contributed by atoms with Crippen molar-refractivity contribution in [2.24, 2.45) is 0 Å². The molecule has 2 N–H and O–H groups in total. The number of carbonyl (C=O) groups is 1. The van der Waals surface area contributed by atoms with Crippen LogP contribution in [-0.2, 0) is 0 Å². The highest BCUT2D eigenvalue weighted by Gasteiger charge is 2.84. The fraction of sp³-hybridized carbons (Fsp3) is 0.364. The Morgan fingerprint density at radius 2 is 1.20 bits per heavy atom.